The second-order valence-electron chi connectivity index (χ2n) is 4.78. The number of carbonyl (C=O) groups is 1. The summed E-state index contributed by atoms with van der Waals surface area (Å²) in [6, 6.07) is 7.67. The Balaban J connectivity index is 2.05. The Hall–Kier alpha value is -2.26. The molecule has 1 aromatic carbocycles. The van der Waals surface area contributed by atoms with Gasteiger partial charge in [-0.2, -0.15) is 8.78 Å². The third-order valence-corrected chi connectivity index (χ3v) is 4.50. The number of aryl methyl sites for hydroxylation is 1. The van der Waals surface area contributed by atoms with Crippen LogP contribution in [-0.4, -0.2) is 24.8 Å². The van der Waals surface area contributed by atoms with Crippen molar-refractivity contribution < 1.29 is 23.0 Å². The summed E-state index contributed by atoms with van der Waals surface area (Å²) in [7, 11) is 1.31. The second kappa shape index (κ2) is 8.72. The van der Waals surface area contributed by atoms with Crippen LogP contribution >= 0.6 is 23.6 Å². The van der Waals surface area contributed by atoms with E-state index >= 15 is 0 Å². The van der Waals surface area contributed by atoms with Gasteiger partial charge in [-0.3, -0.25) is 0 Å². The van der Waals surface area contributed by atoms with Crippen molar-refractivity contribution in [1.29, 1.82) is 0 Å². The van der Waals surface area contributed by atoms with Crippen LogP contribution in [0.2, 0.25) is 0 Å². The third-order valence-electron chi connectivity index (χ3n) is 3.10. The molecule has 134 valence electrons. The Labute approximate surface area is 152 Å². The van der Waals surface area contributed by atoms with Gasteiger partial charge in [-0.25, -0.2) is 4.79 Å². The van der Waals surface area contributed by atoms with Crippen LogP contribution in [0.1, 0.15) is 22.2 Å². The molecule has 0 unspecified atom stereocenters. The van der Waals surface area contributed by atoms with Gasteiger partial charge in [-0.05, 0) is 49.0 Å². The topological polar surface area (TPSA) is 59.6 Å². The van der Waals surface area contributed by atoms with E-state index in [1.807, 2.05) is 6.92 Å². The van der Waals surface area contributed by atoms with E-state index in [-0.39, 0.29) is 10.9 Å². The minimum absolute atomic E-state index is 0.0539. The molecule has 5 nitrogen and oxygen atoms in total. The first-order valence-corrected chi connectivity index (χ1v) is 8.49. The summed E-state index contributed by atoms with van der Waals surface area (Å²) in [5, 5.41) is 6.72. The van der Waals surface area contributed by atoms with Crippen LogP contribution in [0, 0.1) is 0 Å². The number of nitrogens with one attached hydrogen (secondary N) is 2. The summed E-state index contributed by atoms with van der Waals surface area (Å²) < 4.78 is 33.3. The standard InChI is InChI=1S/C16H16F2N2O3S2/c1-3-11-8-12(14(21)22-2)13(25-11)20-16(24)19-9-4-6-10(7-5-9)23-15(17)18/h4-8,15H,3H2,1-2H3,(H2,19,20,24). The highest BCUT2D eigenvalue weighted by molar-refractivity contribution is 7.80. The Bertz CT molecular complexity index is 748. The first-order valence-electron chi connectivity index (χ1n) is 7.26. The molecule has 2 aromatic rings. The van der Waals surface area contributed by atoms with Crippen molar-refractivity contribution >= 4 is 45.3 Å². The average Bonchev–Trinajstić information content (AvgIpc) is 2.98. The number of rotatable bonds is 6. The molecule has 0 aliphatic carbocycles. The summed E-state index contributed by atoms with van der Waals surface area (Å²) >= 11 is 6.64. The predicted octanol–water partition coefficient (Wildman–Crippen LogP) is 4.51. The lowest BCUT2D eigenvalue weighted by Gasteiger charge is -2.11. The Kier molecular flexibility index (Phi) is 6.65. The number of thiophene rings is 1. The molecule has 25 heavy (non-hydrogen) atoms. The highest BCUT2D eigenvalue weighted by Gasteiger charge is 2.17. The van der Waals surface area contributed by atoms with Gasteiger partial charge in [0.2, 0.25) is 0 Å². The lowest BCUT2D eigenvalue weighted by molar-refractivity contribution is -0.0498. The number of anilines is 2. The zero-order valence-electron chi connectivity index (χ0n) is 13.5. The number of benzene rings is 1. The normalized spacial score (nSPS) is 10.4. The zero-order chi connectivity index (χ0) is 18.4. The molecule has 0 atom stereocenters. The molecule has 0 fully saturated rings. The number of methoxy groups -OCH3 is 1. The molecule has 0 saturated carbocycles. The molecular weight excluding hydrogens is 370 g/mol. The van der Waals surface area contributed by atoms with E-state index in [4.69, 9.17) is 17.0 Å². The Morgan fingerprint density at radius 3 is 2.52 bits per heavy atom. The van der Waals surface area contributed by atoms with Crippen LogP contribution < -0.4 is 15.4 Å². The molecule has 0 aliphatic rings. The molecule has 0 aliphatic heterocycles. The van der Waals surface area contributed by atoms with E-state index in [0.29, 0.717) is 16.3 Å². The van der Waals surface area contributed by atoms with Crippen LogP contribution in [0.4, 0.5) is 19.5 Å². The SMILES string of the molecule is CCc1cc(C(=O)OC)c(NC(=S)Nc2ccc(OC(F)F)cc2)s1. The summed E-state index contributed by atoms with van der Waals surface area (Å²) in [6.07, 6.45) is 0.780. The maximum absolute atomic E-state index is 12.1. The number of ether oxygens (including phenoxy) is 2. The third kappa shape index (κ3) is 5.36. The van der Waals surface area contributed by atoms with Gasteiger partial charge in [0, 0.05) is 10.6 Å². The minimum atomic E-state index is -2.87. The van der Waals surface area contributed by atoms with Gasteiger partial charge in [0.15, 0.2) is 5.11 Å². The second-order valence-corrected chi connectivity index (χ2v) is 6.33. The monoisotopic (exact) mass is 386 g/mol. The van der Waals surface area contributed by atoms with E-state index in [2.05, 4.69) is 15.4 Å². The van der Waals surface area contributed by atoms with Crippen LogP contribution in [0.5, 0.6) is 5.75 Å². The number of esters is 1. The molecule has 0 amide bonds. The molecule has 0 radical (unpaired) electrons. The molecular formula is C16H16F2N2O3S2. The van der Waals surface area contributed by atoms with Crippen molar-refractivity contribution in [2.24, 2.45) is 0 Å². The number of hydrogen-bond donors (Lipinski definition) is 2. The van der Waals surface area contributed by atoms with E-state index in [1.165, 1.54) is 30.6 Å². The summed E-state index contributed by atoms with van der Waals surface area (Å²) in [4.78, 5) is 12.8. The van der Waals surface area contributed by atoms with Gasteiger partial charge in [-0.1, -0.05) is 6.92 Å². The number of alkyl halides is 2. The van der Waals surface area contributed by atoms with Gasteiger partial charge in [-0.15, -0.1) is 11.3 Å². The van der Waals surface area contributed by atoms with Gasteiger partial charge in [0.1, 0.15) is 10.8 Å². The van der Waals surface area contributed by atoms with E-state index in [0.717, 1.165) is 11.3 Å². The van der Waals surface area contributed by atoms with E-state index in [9.17, 15) is 13.6 Å². The maximum atomic E-state index is 12.1. The van der Waals surface area contributed by atoms with Crippen LogP contribution in [-0.2, 0) is 11.2 Å². The van der Waals surface area contributed by atoms with Crippen molar-refractivity contribution in [3.05, 3.63) is 40.8 Å². The van der Waals surface area contributed by atoms with Crippen molar-refractivity contribution in [1.82, 2.24) is 0 Å². The van der Waals surface area contributed by atoms with Crippen molar-refractivity contribution in [2.75, 3.05) is 17.7 Å². The fourth-order valence-corrected chi connectivity index (χ4v) is 3.23. The molecule has 0 saturated heterocycles. The molecule has 0 spiro atoms. The summed E-state index contributed by atoms with van der Waals surface area (Å²) in [5.41, 5.74) is 1.00. The largest absolute Gasteiger partial charge is 0.465 e. The maximum Gasteiger partial charge on any atom is 0.387 e. The first kappa shape index (κ1) is 19.1. The highest BCUT2D eigenvalue weighted by Crippen LogP contribution is 2.29. The minimum Gasteiger partial charge on any atom is -0.465 e. The van der Waals surface area contributed by atoms with Gasteiger partial charge >= 0.3 is 12.6 Å². The van der Waals surface area contributed by atoms with Gasteiger partial charge in [0.25, 0.3) is 0 Å². The zero-order valence-corrected chi connectivity index (χ0v) is 15.1. The van der Waals surface area contributed by atoms with Gasteiger partial charge in [0.05, 0.1) is 12.7 Å². The number of thiocarbonyl (C=S) groups is 1. The summed E-state index contributed by atoms with van der Waals surface area (Å²) in [5.74, 6) is -0.395. The van der Waals surface area contributed by atoms with Crippen molar-refractivity contribution in [3.8, 4) is 5.75 Å². The number of hydrogen-bond acceptors (Lipinski definition) is 5. The van der Waals surface area contributed by atoms with E-state index in [1.54, 1.807) is 18.2 Å². The highest BCUT2D eigenvalue weighted by atomic mass is 32.1. The summed E-state index contributed by atoms with van der Waals surface area (Å²) in [6.45, 7) is -0.888. The van der Waals surface area contributed by atoms with Crippen molar-refractivity contribution in [3.63, 3.8) is 0 Å². The molecule has 0 bridgehead atoms. The lowest BCUT2D eigenvalue weighted by atomic mass is 10.2. The predicted molar refractivity (Wildman–Crippen MR) is 98.0 cm³/mol. The lowest BCUT2D eigenvalue weighted by Crippen LogP contribution is -2.19. The quantitative estimate of drug-likeness (QED) is 0.563. The molecule has 2 N–H and O–H groups in total. The Morgan fingerprint density at radius 1 is 1.28 bits per heavy atom. The molecule has 2 rings (SSSR count). The molecule has 1 aromatic heterocycles. The number of carbonyl (C=O) groups excluding carboxylic acids is 1. The first-order chi connectivity index (χ1) is 11.9. The fourth-order valence-electron chi connectivity index (χ4n) is 1.96. The molecule has 1 heterocycles. The Morgan fingerprint density at radius 2 is 1.96 bits per heavy atom. The average molecular weight is 386 g/mol. The van der Waals surface area contributed by atoms with Crippen LogP contribution in [0.25, 0.3) is 0 Å². The van der Waals surface area contributed by atoms with E-state index < -0.39 is 12.6 Å². The smallest absolute Gasteiger partial charge is 0.387 e. The van der Waals surface area contributed by atoms with Crippen LogP contribution in [0.15, 0.2) is 30.3 Å². The van der Waals surface area contributed by atoms with Gasteiger partial charge < -0.3 is 20.1 Å². The fraction of sp³-hybridized carbons (Fsp3) is 0.250. The molecule has 9 heteroatoms. The van der Waals surface area contributed by atoms with Crippen molar-refractivity contribution in [2.45, 2.75) is 20.0 Å². The number of halogens is 2. The van der Waals surface area contributed by atoms with Crippen LogP contribution in [0.3, 0.4) is 0 Å².